The van der Waals surface area contributed by atoms with Crippen LogP contribution in [0.1, 0.15) is 19.3 Å². The van der Waals surface area contributed by atoms with E-state index in [9.17, 15) is 4.79 Å². The van der Waals surface area contributed by atoms with E-state index in [1.54, 1.807) is 0 Å². The van der Waals surface area contributed by atoms with Crippen LogP contribution < -0.4 is 10.6 Å². The molecule has 1 aliphatic heterocycles. The molecule has 0 radical (unpaired) electrons. The molecule has 0 atom stereocenters. The molecule has 1 amide bonds. The van der Waals surface area contributed by atoms with Gasteiger partial charge in [0, 0.05) is 26.2 Å². The van der Waals surface area contributed by atoms with Gasteiger partial charge in [-0.1, -0.05) is 11.8 Å². The van der Waals surface area contributed by atoms with Crippen molar-refractivity contribution in [3.05, 3.63) is 6.07 Å². The van der Waals surface area contributed by atoms with E-state index in [0.29, 0.717) is 11.0 Å². The van der Waals surface area contributed by atoms with Gasteiger partial charge < -0.3 is 15.5 Å². The highest BCUT2D eigenvalue weighted by Gasteiger charge is 2.16. The van der Waals surface area contributed by atoms with Gasteiger partial charge in [-0.2, -0.15) is 0 Å². The fraction of sp³-hybridized carbons (Fsp3) is 0.615. The Morgan fingerprint density at radius 3 is 2.65 bits per heavy atom. The van der Waals surface area contributed by atoms with Crippen molar-refractivity contribution in [3.8, 4) is 0 Å². The summed E-state index contributed by atoms with van der Waals surface area (Å²) >= 11 is 1.48. The highest BCUT2D eigenvalue weighted by Crippen LogP contribution is 2.17. The van der Waals surface area contributed by atoms with Gasteiger partial charge in [-0.25, -0.2) is 9.97 Å². The van der Waals surface area contributed by atoms with Crippen molar-refractivity contribution in [3.63, 3.8) is 0 Å². The zero-order valence-corrected chi connectivity index (χ0v) is 12.8. The fourth-order valence-electron chi connectivity index (χ4n) is 2.16. The predicted octanol–water partition coefficient (Wildman–Crippen LogP) is 1.66. The van der Waals surface area contributed by atoms with Crippen molar-refractivity contribution < 1.29 is 4.79 Å². The molecule has 1 aliphatic rings. The number of piperidine rings is 1. The quantitative estimate of drug-likeness (QED) is 0.636. The summed E-state index contributed by atoms with van der Waals surface area (Å²) in [6, 6.07) is 1.81. The Balaban J connectivity index is 1.94. The van der Waals surface area contributed by atoms with Crippen molar-refractivity contribution in [1.29, 1.82) is 0 Å². The monoisotopic (exact) mass is 295 g/mol. The molecule has 0 saturated carbocycles. The molecule has 20 heavy (non-hydrogen) atoms. The highest BCUT2D eigenvalue weighted by molar-refractivity contribution is 7.98. The van der Waals surface area contributed by atoms with Crippen LogP contribution in [-0.2, 0) is 4.79 Å². The molecule has 1 saturated heterocycles. The second-order valence-electron chi connectivity index (χ2n) is 4.67. The van der Waals surface area contributed by atoms with Crippen molar-refractivity contribution in [2.45, 2.75) is 24.4 Å². The molecule has 110 valence electrons. The Hall–Kier alpha value is -1.50. The summed E-state index contributed by atoms with van der Waals surface area (Å²) in [5.74, 6) is 1.57. The fourth-order valence-corrected chi connectivity index (χ4v) is 2.54. The summed E-state index contributed by atoms with van der Waals surface area (Å²) in [7, 11) is 1.81. The van der Waals surface area contributed by atoms with E-state index in [1.165, 1.54) is 18.2 Å². The number of amides is 1. The first-order valence-electron chi connectivity index (χ1n) is 6.85. The summed E-state index contributed by atoms with van der Waals surface area (Å²) in [5.41, 5.74) is 0. The van der Waals surface area contributed by atoms with Crippen molar-refractivity contribution >= 4 is 29.3 Å². The zero-order chi connectivity index (χ0) is 14.4. The smallest absolute Gasteiger partial charge is 0.241 e. The van der Waals surface area contributed by atoms with Gasteiger partial charge in [0.05, 0.1) is 6.54 Å². The Bertz CT molecular complexity index is 440. The second-order valence-corrected chi connectivity index (χ2v) is 5.44. The molecule has 0 unspecified atom stereocenters. The molecule has 1 aromatic rings. The predicted molar refractivity (Wildman–Crippen MR) is 82.3 cm³/mol. The number of aromatic nitrogens is 2. The van der Waals surface area contributed by atoms with Crippen LogP contribution in [0.15, 0.2) is 11.2 Å². The number of carbonyl (C=O) groups excluding carboxylic acids is 1. The van der Waals surface area contributed by atoms with Gasteiger partial charge in [-0.15, -0.1) is 0 Å². The molecule has 0 spiro atoms. The maximum absolute atomic E-state index is 12.1. The Morgan fingerprint density at radius 1 is 1.30 bits per heavy atom. The summed E-state index contributed by atoms with van der Waals surface area (Å²) in [6.45, 7) is 2.04. The summed E-state index contributed by atoms with van der Waals surface area (Å²) < 4.78 is 0. The van der Waals surface area contributed by atoms with E-state index < -0.39 is 0 Å². The number of rotatable bonds is 5. The summed E-state index contributed by atoms with van der Waals surface area (Å²) in [5, 5.41) is 6.77. The van der Waals surface area contributed by atoms with Gasteiger partial charge in [-0.05, 0) is 25.5 Å². The number of anilines is 2. The van der Waals surface area contributed by atoms with E-state index in [4.69, 9.17) is 0 Å². The molecule has 7 heteroatoms. The van der Waals surface area contributed by atoms with Crippen LogP contribution >= 0.6 is 11.8 Å². The van der Waals surface area contributed by atoms with E-state index in [1.807, 2.05) is 24.3 Å². The van der Waals surface area contributed by atoms with Gasteiger partial charge in [0.2, 0.25) is 5.91 Å². The number of nitrogens with zero attached hydrogens (tertiary/aromatic N) is 3. The molecular formula is C13H21N5OS. The number of thioether (sulfide) groups is 1. The van der Waals surface area contributed by atoms with Gasteiger partial charge >= 0.3 is 0 Å². The number of nitrogens with one attached hydrogen (secondary N) is 2. The standard InChI is InChI=1S/C13H21N5OS/c1-14-10-8-11(17-13(16-10)20-2)15-9-12(19)18-6-4-3-5-7-18/h8H,3-7,9H2,1-2H3,(H2,14,15,16,17). The molecule has 2 N–H and O–H groups in total. The highest BCUT2D eigenvalue weighted by atomic mass is 32.2. The lowest BCUT2D eigenvalue weighted by Gasteiger charge is -2.26. The van der Waals surface area contributed by atoms with Gasteiger partial charge in [-0.3, -0.25) is 4.79 Å². The lowest BCUT2D eigenvalue weighted by molar-refractivity contribution is -0.130. The molecule has 2 rings (SSSR count). The van der Waals surface area contributed by atoms with Crippen LogP contribution in [0, 0.1) is 0 Å². The van der Waals surface area contributed by atoms with Gasteiger partial charge in [0.1, 0.15) is 11.6 Å². The number of carbonyl (C=O) groups is 1. The van der Waals surface area contributed by atoms with Crippen molar-refractivity contribution in [2.24, 2.45) is 0 Å². The molecule has 0 aliphatic carbocycles. The van der Waals surface area contributed by atoms with E-state index in [-0.39, 0.29) is 12.5 Å². The SMILES string of the molecule is CNc1cc(NCC(=O)N2CCCCC2)nc(SC)n1. The molecule has 0 bridgehead atoms. The third-order valence-electron chi connectivity index (χ3n) is 3.27. The normalized spacial score (nSPS) is 15.0. The first kappa shape index (κ1) is 14.9. The zero-order valence-electron chi connectivity index (χ0n) is 12.0. The van der Waals surface area contributed by atoms with Crippen LogP contribution in [0.3, 0.4) is 0 Å². The number of hydrogen-bond donors (Lipinski definition) is 2. The molecule has 1 aromatic heterocycles. The van der Waals surface area contributed by atoms with E-state index in [2.05, 4.69) is 20.6 Å². The van der Waals surface area contributed by atoms with Gasteiger partial charge in [0.15, 0.2) is 5.16 Å². The third kappa shape index (κ3) is 4.00. The molecular weight excluding hydrogens is 274 g/mol. The largest absolute Gasteiger partial charge is 0.373 e. The summed E-state index contributed by atoms with van der Waals surface area (Å²) in [4.78, 5) is 22.6. The molecule has 1 fully saturated rings. The molecule has 0 aromatic carbocycles. The van der Waals surface area contributed by atoms with Crippen LogP contribution in [0.4, 0.5) is 11.6 Å². The van der Waals surface area contributed by atoms with Crippen LogP contribution in [-0.4, -0.2) is 53.7 Å². The molecule has 6 nitrogen and oxygen atoms in total. The van der Waals surface area contributed by atoms with Crippen LogP contribution in [0.5, 0.6) is 0 Å². The van der Waals surface area contributed by atoms with Gasteiger partial charge in [0.25, 0.3) is 0 Å². The Kier molecular flexibility index (Phi) is 5.46. The maximum Gasteiger partial charge on any atom is 0.241 e. The minimum atomic E-state index is 0.139. The average Bonchev–Trinajstić information content (AvgIpc) is 2.53. The molecule has 2 heterocycles. The lowest BCUT2D eigenvalue weighted by Crippen LogP contribution is -2.39. The first-order chi connectivity index (χ1) is 9.72. The van der Waals surface area contributed by atoms with E-state index >= 15 is 0 Å². The van der Waals surface area contributed by atoms with E-state index in [0.717, 1.165) is 31.7 Å². The van der Waals surface area contributed by atoms with Crippen molar-refractivity contribution in [2.75, 3.05) is 43.6 Å². The minimum Gasteiger partial charge on any atom is -0.373 e. The topological polar surface area (TPSA) is 70.2 Å². The average molecular weight is 295 g/mol. The first-order valence-corrected chi connectivity index (χ1v) is 8.08. The maximum atomic E-state index is 12.1. The van der Waals surface area contributed by atoms with Crippen LogP contribution in [0.2, 0.25) is 0 Å². The van der Waals surface area contributed by atoms with Crippen molar-refractivity contribution in [1.82, 2.24) is 14.9 Å². The minimum absolute atomic E-state index is 0.139. The third-order valence-corrected chi connectivity index (χ3v) is 3.82. The lowest BCUT2D eigenvalue weighted by atomic mass is 10.1. The second kappa shape index (κ2) is 7.33. The Labute approximate surface area is 123 Å². The number of hydrogen-bond acceptors (Lipinski definition) is 6. The Morgan fingerprint density at radius 2 is 2.00 bits per heavy atom. The number of likely N-dealkylation sites (tertiary alicyclic amines) is 1. The summed E-state index contributed by atoms with van der Waals surface area (Å²) in [6.07, 6.45) is 5.38. The van der Waals surface area contributed by atoms with Crippen LogP contribution in [0.25, 0.3) is 0 Å².